The second kappa shape index (κ2) is 4.74. The van der Waals surface area contributed by atoms with Crippen LogP contribution in [0.1, 0.15) is 22.4 Å². The highest BCUT2D eigenvalue weighted by Gasteiger charge is 2.25. The van der Waals surface area contributed by atoms with Crippen LogP contribution in [0.15, 0.2) is 23.2 Å². The van der Waals surface area contributed by atoms with E-state index in [0.717, 1.165) is 11.1 Å². The van der Waals surface area contributed by atoms with Gasteiger partial charge in [-0.05, 0) is 38.0 Å². The van der Waals surface area contributed by atoms with Gasteiger partial charge in [-0.1, -0.05) is 12.1 Å². The van der Waals surface area contributed by atoms with E-state index < -0.39 is 10.0 Å². The average Bonchev–Trinajstić information content (AvgIpc) is 2.68. The minimum absolute atomic E-state index is 0.0200. The van der Waals surface area contributed by atoms with Crippen molar-refractivity contribution in [3.63, 3.8) is 0 Å². The summed E-state index contributed by atoms with van der Waals surface area (Å²) in [6, 6.07) is 7.43. The summed E-state index contributed by atoms with van der Waals surface area (Å²) in [5.74, 6) is 0. The van der Waals surface area contributed by atoms with Crippen LogP contribution >= 0.6 is 0 Å². The minimum atomic E-state index is -4.06. The van der Waals surface area contributed by atoms with E-state index in [1.54, 1.807) is 13.0 Å². The Morgan fingerprint density at radius 2 is 1.95 bits per heavy atom. The number of aromatic nitrogens is 2. The third-order valence-corrected chi connectivity index (χ3v) is 3.91. The number of hydrogen-bond donors (Lipinski definition) is 1. The Bertz CT molecular complexity index is 829. The quantitative estimate of drug-likeness (QED) is 0.900. The van der Waals surface area contributed by atoms with Gasteiger partial charge in [-0.15, -0.1) is 0 Å². The molecule has 0 saturated carbocycles. The van der Waals surface area contributed by atoms with Crippen LogP contribution in [-0.4, -0.2) is 18.2 Å². The highest BCUT2D eigenvalue weighted by Crippen LogP contribution is 2.24. The van der Waals surface area contributed by atoms with Crippen molar-refractivity contribution in [1.29, 1.82) is 5.26 Å². The lowest BCUT2D eigenvalue weighted by atomic mass is 10.1. The number of nitrogens with zero attached hydrogens (tertiary/aromatic N) is 3. The third kappa shape index (κ3) is 2.31. The largest absolute Gasteiger partial charge is 0.257 e. The first kappa shape index (κ1) is 14.2. The van der Waals surface area contributed by atoms with Crippen molar-refractivity contribution in [1.82, 2.24) is 9.78 Å². The van der Waals surface area contributed by atoms with Crippen LogP contribution in [0, 0.1) is 32.1 Å². The Labute approximate surface area is 117 Å². The molecule has 0 saturated heterocycles. The molecule has 20 heavy (non-hydrogen) atoms. The topological polar surface area (TPSA) is 102 Å². The molecule has 1 heterocycles. The highest BCUT2D eigenvalue weighted by atomic mass is 32.2. The highest BCUT2D eigenvalue weighted by molar-refractivity contribution is 7.89. The van der Waals surface area contributed by atoms with Crippen LogP contribution < -0.4 is 5.14 Å². The van der Waals surface area contributed by atoms with Gasteiger partial charge in [0.2, 0.25) is 0 Å². The van der Waals surface area contributed by atoms with E-state index in [-0.39, 0.29) is 10.6 Å². The van der Waals surface area contributed by atoms with Gasteiger partial charge >= 0.3 is 0 Å². The van der Waals surface area contributed by atoms with Crippen molar-refractivity contribution in [3.8, 4) is 11.8 Å². The van der Waals surface area contributed by atoms with Gasteiger partial charge in [0.05, 0.1) is 11.4 Å². The number of sulfonamides is 1. The molecule has 0 amide bonds. The molecular formula is C13H14N4O2S. The van der Waals surface area contributed by atoms with Gasteiger partial charge in [0.25, 0.3) is 10.0 Å². The monoisotopic (exact) mass is 290 g/mol. The van der Waals surface area contributed by atoms with E-state index in [9.17, 15) is 8.42 Å². The first-order chi connectivity index (χ1) is 9.25. The summed E-state index contributed by atoms with van der Waals surface area (Å²) in [5, 5.41) is 18.2. The van der Waals surface area contributed by atoms with E-state index in [0.29, 0.717) is 11.4 Å². The van der Waals surface area contributed by atoms with Crippen molar-refractivity contribution in [2.24, 2.45) is 5.14 Å². The summed E-state index contributed by atoms with van der Waals surface area (Å²) >= 11 is 0. The Hall–Kier alpha value is -2.17. The van der Waals surface area contributed by atoms with Crippen molar-refractivity contribution < 1.29 is 8.42 Å². The number of benzene rings is 1. The maximum absolute atomic E-state index is 11.8. The Kier molecular flexibility index (Phi) is 3.38. The maximum Gasteiger partial charge on any atom is 0.257 e. The zero-order valence-corrected chi connectivity index (χ0v) is 12.2. The second-order valence-electron chi connectivity index (χ2n) is 4.62. The van der Waals surface area contributed by atoms with Gasteiger partial charge in [-0.25, -0.2) is 18.2 Å². The van der Waals surface area contributed by atoms with Crippen LogP contribution in [0.2, 0.25) is 0 Å². The van der Waals surface area contributed by atoms with Crippen LogP contribution in [0.5, 0.6) is 0 Å². The van der Waals surface area contributed by atoms with E-state index in [1.165, 1.54) is 4.68 Å². The number of nitriles is 1. The molecule has 0 aliphatic carbocycles. The lowest BCUT2D eigenvalue weighted by Gasteiger charge is -2.10. The summed E-state index contributed by atoms with van der Waals surface area (Å²) in [7, 11) is -4.06. The first-order valence-electron chi connectivity index (χ1n) is 5.86. The minimum Gasteiger partial charge on any atom is -0.223 e. The van der Waals surface area contributed by atoms with Crippen molar-refractivity contribution in [2.45, 2.75) is 25.8 Å². The fourth-order valence-corrected chi connectivity index (χ4v) is 2.87. The van der Waals surface area contributed by atoms with Crippen molar-refractivity contribution in [3.05, 3.63) is 40.6 Å². The molecule has 0 fully saturated rings. The SMILES string of the molecule is Cc1ccc(C)c(-n2nc(C)c(C#N)c2S(N)(=O)=O)c1. The Balaban J connectivity index is 2.90. The molecule has 6 nitrogen and oxygen atoms in total. The van der Waals surface area contributed by atoms with E-state index >= 15 is 0 Å². The molecule has 0 aliphatic rings. The van der Waals surface area contributed by atoms with Gasteiger partial charge in [0.1, 0.15) is 11.6 Å². The molecule has 2 N–H and O–H groups in total. The smallest absolute Gasteiger partial charge is 0.223 e. The average molecular weight is 290 g/mol. The van der Waals surface area contributed by atoms with Gasteiger partial charge in [0.15, 0.2) is 5.03 Å². The predicted molar refractivity (Wildman–Crippen MR) is 73.9 cm³/mol. The normalized spacial score (nSPS) is 11.3. The van der Waals surface area contributed by atoms with Crippen molar-refractivity contribution in [2.75, 3.05) is 0 Å². The molecule has 104 valence electrons. The Morgan fingerprint density at radius 1 is 1.30 bits per heavy atom. The Morgan fingerprint density at radius 3 is 2.50 bits per heavy atom. The number of primary sulfonamides is 1. The summed E-state index contributed by atoms with van der Waals surface area (Å²) in [4.78, 5) is 0. The van der Waals surface area contributed by atoms with Gasteiger partial charge in [-0.3, -0.25) is 0 Å². The third-order valence-electron chi connectivity index (χ3n) is 2.99. The summed E-state index contributed by atoms with van der Waals surface area (Å²) < 4.78 is 24.8. The molecule has 0 unspecified atom stereocenters. The first-order valence-corrected chi connectivity index (χ1v) is 7.40. The number of nitrogens with two attached hydrogens (primary N) is 1. The molecule has 0 atom stereocenters. The molecule has 1 aromatic heterocycles. The summed E-state index contributed by atoms with van der Waals surface area (Å²) in [6.07, 6.45) is 0. The zero-order chi connectivity index (χ0) is 15.1. The van der Waals surface area contributed by atoms with Gasteiger partial charge in [-0.2, -0.15) is 10.4 Å². The maximum atomic E-state index is 11.8. The molecule has 7 heteroatoms. The van der Waals surface area contributed by atoms with Crippen LogP contribution in [0.25, 0.3) is 5.69 Å². The van der Waals surface area contributed by atoms with Crippen LogP contribution in [0.3, 0.4) is 0 Å². The molecule has 0 bridgehead atoms. The number of rotatable bonds is 2. The van der Waals surface area contributed by atoms with Gasteiger partial charge in [0, 0.05) is 0 Å². The molecule has 2 rings (SSSR count). The fourth-order valence-electron chi connectivity index (χ4n) is 2.01. The molecular weight excluding hydrogens is 276 g/mol. The summed E-state index contributed by atoms with van der Waals surface area (Å²) in [5.41, 5.74) is 2.70. The van der Waals surface area contributed by atoms with Crippen LogP contribution in [-0.2, 0) is 10.0 Å². The molecule has 1 aromatic carbocycles. The van der Waals surface area contributed by atoms with Crippen LogP contribution in [0.4, 0.5) is 0 Å². The molecule has 2 aromatic rings. The lowest BCUT2D eigenvalue weighted by molar-refractivity contribution is 0.587. The van der Waals surface area contributed by atoms with Gasteiger partial charge < -0.3 is 0 Å². The van der Waals surface area contributed by atoms with Crippen molar-refractivity contribution >= 4 is 10.0 Å². The zero-order valence-electron chi connectivity index (χ0n) is 11.4. The summed E-state index contributed by atoms with van der Waals surface area (Å²) in [6.45, 7) is 5.31. The lowest BCUT2D eigenvalue weighted by Crippen LogP contribution is -2.19. The second-order valence-corrected chi connectivity index (χ2v) is 6.10. The molecule has 0 spiro atoms. The van der Waals surface area contributed by atoms with E-state index in [2.05, 4.69) is 5.10 Å². The van der Waals surface area contributed by atoms with E-state index in [4.69, 9.17) is 10.4 Å². The molecule has 0 aliphatic heterocycles. The standard InChI is InChI=1S/C13H14N4O2S/c1-8-4-5-9(2)12(6-8)17-13(20(15,18)19)11(7-14)10(3)16-17/h4-6H,1-3H3,(H2,15,18,19). The predicted octanol–water partition coefficient (Wildman–Crippen LogP) is 1.32. The van der Waals surface area contributed by atoms with E-state index in [1.807, 2.05) is 32.0 Å². The number of hydrogen-bond acceptors (Lipinski definition) is 4. The number of aryl methyl sites for hydroxylation is 3. The fraction of sp³-hybridized carbons (Fsp3) is 0.231. The molecule has 0 radical (unpaired) electrons.